The molecule has 0 unspecified atom stereocenters. The molecule has 0 atom stereocenters. The summed E-state index contributed by atoms with van der Waals surface area (Å²) >= 11 is 0. The van der Waals surface area contributed by atoms with Gasteiger partial charge in [-0.15, -0.1) is 0 Å². The fraction of sp³-hybridized carbons (Fsp3) is 0.318. The molecule has 1 fully saturated rings. The van der Waals surface area contributed by atoms with Crippen molar-refractivity contribution < 1.29 is 9.47 Å². The fourth-order valence-corrected chi connectivity index (χ4v) is 3.05. The molecule has 0 bridgehead atoms. The predicted molar refractivity (Wildman–Crippen MR) is 110 cm³/mol. The quantitative estimate of drug-likeness (QED) is 0.639. The number of rotatable bonds is 7. The fourth-order valence-electron chi connectivity index (χ4n) is 3.05. The van der Waals surface area contributed by atoms with Crippen molar-refractivity contribution in [1.82, 2.24) is 19.9 Å². The lowest BCUT2D eigenvalue weighted by Gasteiger charge is -2.25. The minimum absolute atomic E-state index is 0.199. The minimum atomic E-state index is 0.199. The largest absolute Gasteiger partial charge is 0.474 e. The molecule has 0 saturated heterocycles. The van der Waals surface area contributed by atoms with Crippen molar-refractivity contribution in [2.45, 2.75) is 38.7 Å². The molecule has 2 N–H and O–H groups in total. The smallest absolute Gasteiger partial charge is 0.226 e. The van der Waals surface area contributed by atoms with Crippen LogP contribution in [0.5, 0.6) is 17.5 Å². The highest BCUT2D eigenvalue weighted by molar-refractivity contribution is 5.66. The molecule has 0 amide bonds. The topological polar surface area (TPSA) is 120 Å². The molecule has 0 spiro atoms. The van der Waals surface area contributed by atoms with Gasteiger partial charge in [-0.05, 0) is 62.9 Å². The summed E-state index contributed by atoms with van der Waals surface area (Å²) in [4.78, 5) is 17.6. The van der Waals surface area contributed by atoms with E-state index in [1.807, 2.05) is 0 Å². The molecule has 2 heterocycles. The summed E-state index contributed by atoms with van der Waals surface area (Å²) < 4.78 is 11.9. The summed E-state index contributed by atoms with van der Waals surface area (Å²) in [5, 5.41) is 9.31. The van der Waals surface area contributed by atoms with Crippen LogP contribution in [0.15, 0.2) is 36.7 Å². The number of nitrogens with two attached hydrogens (primary N) is 1. The van der Waals surface area contributed by atoms with Crippen molar-refractivity contribution in [3.8, 4) is 35.0 Å². The van der Waals surface area contributed by atoms with Crippen LogP contribution in [0, 0.1) is 18.3 Å². The van der Waals surface area contributed by atoms with Gasteiger partial charge in [-0.1, -0.05) is 0 Å². The molecule has 1 aliphatic carbocycles. The zero-order chi connectivity index (χ0) is 20.9. The molecule has 8 nitrogen and oxygen atoms in total. The Morgan fingerprint density at radius 3 is 2.57 bits per heavy atom. The van der Waals surface area contributed by atoms with Gasteiger partial charge in [-0.25, -0.2) is 9.97 Å². The second kappa shape index (κ2) is 8.84. The third-order valence-electron chi connectivity index (χ3n) is 4.84. The lowest BCUT2D eigenvalue weighted by Crippen LogP contribution is -2.25. The molecule has 8 heteroatoms. The van der Waals surface area contributed by atoms with E-state index in [1.165, 1.54) is 6.42 Å². The first-order valence-corrected chi connectivity index (χ1v) is 9.90. The Kier molecular flexibility index (Phi) is 5.82. The monoisotopic (exact) mass is 402 g/mol. The van der Waals surface area contributed by atoms with Crippen molar-refractivity contribution in [1.29, 1.82) is 5.26 Å². The van der Waals surface area contributed by atoms with Crippen molar-refractivity contribution in [3.05, 3.63) is 53.6 Å². The Hall–Kier alpha value is -3.57. The Morgan fingerprint density at radius 2 is 1.90 bits per heavy atom. The minimum Gasteiger partial charge on any atom is -0.474 e. The van der Waals surface area contributed by atoms with E-state index >= 15 is 0 Å². The SMILES string of the molecule is Cc1nc(Oc2cc(C#N)ccc2-c2ncc(CCN)cn2)cc(OC2CCC2)n1. The first-order chi connectivity index (χ1) is 14.6. The Labute approximate surface area is 174 Å². The van der Waals surface area contributed by atoms with Gasteiger partial charge in [0.25, 0.3) is 0 Å². The van der Waals surface area contributed by atoms with E-state index in [0.717, 1.165) is 18.4 Å². The van der Waals surface area contributed by atoms with E-state index in [-0.39, 0.29) is 6.10 Å². The summed E-state index contributed by atoms with van der Waals surface area (Å²) in [5.41, 5.74) is 7.67. The number of hydrogen-bond donors (Lipinski definition) is 1. The maximum Gasteiger partial charge on any atom is 0.226 e. The summed E-state index contributed by atoms with van der Waals surface area (Å²) in [6.45, 7) is 2.32. The molecule has 2 aromatic heterocycles. The number of nitrogens with zero attached hydrogens (tertiary/aromatic N) is 5. The van der Waals surface area contributed by atoms with Crippen molar-refractivity contribution >= 4 is 0 Å². The standard InChI is InChI=1S/C22H22N6O2/c1-14-27-20(29-17-3-2-4-17)10-21(28-14)30-19-9-15(11-24)5-6-18(19)22-25-12-16(7-8-23)13-26-22/h5-6,9-10,12-13,17H,2-4,7-8,23H2,1H3. The van der Waals surface area contributed by atoms with Gasteiger partial charge in [-0.3, -0.25) is 0 Å². The highest BCUT2D eigenvalue weighted by atomic mass is 16.5. The van der Waals surface area contributed by atoms with Gasteiger partial charge in [0, 0.05) is 12.4 Å². The highest BCUT2D eigenvalue weighted by Gasteiger charge is 2.21. The summed E-state index contributed by atoms with van der Waals surface area (Å²) in [6.07, 6.45) is 7.64. The number of nitriles is 1. The summed E-state index contributed by atoms with van der Waals surface area (Å²) in [6, 6.07) is 8.92. The van der Waals surface area contributed by atoms with Crippen LogP contribution in [-0.4, -0.2) is 32.6 Å². The van der Waals surface area contributed by atoms with Crippen molar-refractivity contribution in [2.75, 3.05) is 6.54 Å². The van der Waals surface area contributed by atoms with Crippen LogP contribution in [0.2, 0.25) is 0 Å². The molecule has 3 aromatic rings. The lowest BCUT2D eigenvalue weighted by molar-refractivity contribution is 0.114. The molecule has 1 aliphatic rings. The van der Waals surface area contributed by atoms with Crippen molar-refractivity contribution in [2.24, 2.45) is 5.73 Å². The number of ether oxygens (including phenoxy) is 2. The van der Waals surface area contributed by atoms with Gasteiger partial charge in [0.15, 0.2) is 5.82 Å². The molecule has 1 saturated carbocycles. The van der Waals surface area contributed by atoms with Crippen LogP contribution in [0.1, 0.15) is 36.2 Å². The molecule has 30 heavy (non-hydrogen) atoms. The van der Waals surface area contributed by atoms with E-state index in [9.17, 15) is 5.26 Å². The molecule has 0 aliphatic heterocycles. The number of benzene rings is 1. The third-order valence-corrected chi connectivity index (χ3v) is 4.84. The zero-order valence-corrected chi connectivity index (χ0v) is 16.7. The van der Waals surface area contributed by atoms with E-state index in [0.29, 0.717) is 53.3 Å². The molecule has 152 valence electrons. The normalized spacial score (nSPS) is 13.4. The van der Waals surface area contributed by atoms with Crippen LogP contribution < -0.4 is 15.2 Å². The summed E-state index contributed by atoms with van der Waals surface area (Å²) in [5.74, 6) is 2.30. The first-order valence-electron chi connectivity index (χ1n) is 9.90. The van der Waals surface area contributed by atoms with Crippen LogP contribution >= 0.6 is 0 Å². The van der Waals surface area contributed by atoms with Gasteiger partial charge in [0.1, 0.15) is 17.7 Å². The highest BCUT2D eigenvalue weighted by Crippen LogP contribution is 2.33. The van der Waals surface area contributed by atoms with Gasteiger partial charge in [-0.2, -0.15) is 15.2 Å². The maximum absolute atomic E-state index is 9.31. The van der Waals surface area contributed by atoms with Gasteiger partial charge < -0.3 is 15.2 Å². The Balaban J connectivity index is 1.65. The maximum atomic E-state index is 9.31. The number of aryl methyl sites for hydroxylation is 1. The molecule has 4 rings (SSSR count). The molecular weight excluding hydrogens is 380 g/mol. The average molecular weight is 402 g/mol. The number of hydrogen-bond acceptors (Lipinski definition) is 8. The van der Waals surface area contributed by atoms with E-state index in [2.05, 4.69) is 26.0 Å². The van der Waals surface area contributed by atoms with Crippen LogP contribution in [0.3, 0.4) is 0 Å². The molecule has 1 aromatic carbocycles. The van der Waals surface area contributed by atoms with E-state index < -0.39 is 0 Å². The average Bonchev–Trinajstić information content (AvgIpc) is 2.71. The second-order valence-electron chi connectivity index (χ2n) is 7.14. The van der Waals surface area contributed by atoms with E-state index in [4.69, 9.17) is 15.2 Å². The first kappa shape index (κ1) is 19.7. The van der Waals surface area contributed by atoms with Crippen LogP contribution in [-0.2, 0) is 6.42 Å². The molecule has 0 radical (unpaired) electrons. The van der Waals surface area contributed by atoms with Gasteiger partial charge in [0.05, 0.1) is 23.3 Å². The molecular formula is C22H22N6O2. The lowest BCUT2D eigenvalue weighted by atomic mass is 9.96. The van der Waals surface area contributed by atoms with Crippen molar-refractivity contribution in [3.63, 3.8) is 0 Å². The zero-order valence-electron chi connectivity index (χ0n) is 16.7. The summed E-state index contributed by atoms with van der Waals surface area (Å²) in [7, 11) is 0. The third kappa shape index (κ3) is 4.53. The van der Waals surface area contributed by atoms with Crippen LogP contribution in [0.25, 0.3) is 11.4 Å². The van der Waals surface area contributed by atoms with Gasteiger partial charge in [0.2, 0.25) is 11.8 Å². The predicted octanol–water partition coefficient (Wildman–Crippen LogP) is 3.34. The second-order valence-corrected chi connectivity index (χ2v) is 7.14. The Bertz CT molecular complexity index is 1070. The number of aromatic nitrogens is 4. The Morgan fingerprint density at radius 1 is 1.13 bits per heavy atom. The van der Waals surface area contributed by atoms with E-state index in [1.54, 1.807) is 43.6 Å². The van der Waals surface area contributed by atoms with Gasteiger partial charge >= 0.3 is 0 Å². The van der Waals surface area contributed by atoms with Crippen LogP contribution in [0.4, 0.5) is 0 Å².